The minimum absolute atomic E-state index is 0.230. The van der Waals surface area contributed by atoms with Crippen molar-refractivity contribution in [3.63, 3.8) is 0 Å². The normalized spacial score (nSPS) is 20.2. The van der Waals surface area contributed by atoms with Crippen LogP contribution in [0.3, 0.4) is 0 Å². The summed E-state index contributed by atoms with van der Waals surface area (Å²) in [5.74, 6) is 0.928. The van der Waals surface area contributed by atoms with Gasteiger partial charge in [0.2, 0.25) is 0 Å². The predicted octanol–water partition coefficient (Wildman–Crippen LogP) is 2.83. The lowest BCUT2D eigenvalue weighted by Gasteiger charge is -2.39. The first-order valence-corrected chi connectivity index (χ1v) is 9.38. The molecular formula is C18H25BrN4O2. The van der Waals surface area contributed by atoms with E-state index in [0.29, 0.717) is 19.6 Å². The van der Waals surface area contributed by atoms with E-state index in [-0.39, 0.29) is 12.1 Å². The molecule has 0 radical (unpaired) electrons. The molecule has 7 heteroatoms. The Balaban J connectivity index is 1.52. The molecule has 1 amide bonds. The first-order chi connectivity index (χ1) is 11.8. The molecule has 1 atom stereocenters. The third kappa shape index (κ3) is 4.66. The Morgan fingerprint density at radius 3 is 2.72 bits per heavy atom. The largest absolute Gasteiger partial charge is 0.444 e. The monoisotopic (exact) mass is 408 g/mol. The number of piperazine rings is 1. The van der Waals surface area contributed by atoms with Gasteiger partial charge in [-0.25, -0.2) is 4.79 Å². The van der Waals surface area contributed by atoms with Gasteiger partial charge in [0, 0.05) is 30.7 Å². The van der Waals surface area contributed by atoms with E-state index >= 15 is 0 Å². The molecule has 0 bridgehead atoms. The van der Waals surface area contributed by atoms with Gasteiger partial charge in [0.25, 0.3) is 0 Å². The third-order valence-electron chi connectivity index (χ3n) is 4.22. The highest BCUT2D eigenvalue weighted by Crippen LogP contribution is 2.19. The highest BCUT2D eigenvalue weighted by molar-refractivity contribution is 9.10. The van der Waals surface area contributed by atoms with Crippen molar-refractivity contribution in [2.24, 2.45) is 4.99 Å². The second kappa shape index (κ2) is 7.23. The molecule has 6 nitrogen and oxygen atoms in total. The van der Waals surface area contributed by atoms with Crippen LogP contribution < -0.4 is 5.32 Å². The number of rotatable bonds is 2. The molecule has 0 aromatic heterocycles. The number of aliphatic imine (C=N–C) groups is 1. The van der Waals surface area contributed by atoms with Crippen LogP contribution in [0.1, 0.15) is 26.3 Å². The molecule has 1 unspecified atom stereocenters. The van der Waals surface area contributed by atoms with Crippen molar-refractivity contribution in [2.75, 3.05) is 26.2 Å². The molecule has 1 aromatic carbocycles. The Morgan fingerprint density at radius 1 is 1.32 bits per heavy atom. The summed E-state index contributed by atoms with van der Waals surface area (Å²) in [7, 11) is 0. The van der Waals surface area contributed by atoms with E-state index in [1.54, 1.807) is 4.90 Å². The smallest absolute Gasteiger partial charge is 0.410 e. The lowest BCUT2D eigenvalue weighted by Crippen LogP contribution is -2.57. The molecule has 3 rings (SSSR count). The van der Waals surface area contributed by atoms with Crippen LogP contribution in [0, 0.1) is 0 Å². The van der Waals surface area contributed by atoms with Gasteiger partial charge in [0.05, 0.1) is 12.6 Å². The summed E-state index contributed by atoms with van der Waals surface area (Å²) in [6.45, 7) is 9.22. The molecule has 136 valence electrons. The van der Waals surface area contributed by atoms with Crippen LogP contribution in [0.15, 0.2) is 33.7 Å². The van der Waals surface area contributed by atoms with Gasteiger partial charge in [-0.3, -0.25) is 4.99 Å². The van der Waals surface area contributed by atoms with Gasteiger partial charge in [-0.15, -0.1) is 0 Å². The molecular weight excluding hydrogens is 384 g/mol. The number of hydrogen-bond acceptors (Lipinski definition) is 5. The fourth-order valence-corrected chi connectivity index (χ4v) is 3.27. The molecule has 2 aliphatic rings. The minimum Gasteiger partial charge on any atom is -0.444 e. The van der Waals surface area contributed by atoms with Gasteiger partial charge < -0.3 is 19.9 Å². The number of amides is 1. The van der Waals surface area contributed by atoms with Crippen LogP contribution in [0.2, 0.25) is 0 Å². The highest BCUT2D eigenvalue weighted by Gasteiger charge is 2.36. The lowest BCUT2D eigenvalue weighted by atomic mass is 10.2. The fraction of sp³-hybridized carbons (Fsp3) is 0.556. The summed E-state index contributed by atoms with van der Waals surface area (Å²) in [4.78, 5) is 20.9. The number of nitrogens with one attached hydrogen (secondary N) is 1. The van der Waals surface area contributed by atoms with Gasteiger partial charge in [-0.05, 0) is 38.5 Å². The van der Waals surface area contributed by atoms with Gasteiger partial charge in [-0.1, -0.05) is 28.1 Å². The zero-order valence-corrected chi connectivity index (χ0v) is 16.5. The third-order valence-corrected chi connectivity index (χ3v) is 4.75. The van der Waals surface area contributed by atoms with Crippen LogP contribution >= 0.6 is 15.9 Å². The van der Waals surface area contributed by atoms with Crippen LogP contribution in [0.4, 0.5) is 4.79 Å². The van der Waals surface area contributed by atoms with Crippen molar-refractivity contribution in [1.29, 1.82) is 0 Å². The first kappa shape index (κ1) is 18.0. The van der Waals surface area contributed by atoms with E-state index in [4.69, 9.17) is 4.74 Å². The summed E-state index contributed by atoms with van der Waals surface area (Å²) >= 11 is 3.45. The van der Waals surface area contributed by atoms with E-state index in [9.17, 15) is 4.79 Å². The average Bonchev–Trinajstić information content (AvgIpc) is 2.95. The number of carbonyl (C=O) groups excluding carboxylic acids is 1. The number of guanidine groups is 1. The van der Waals surface area contributed by atoms with Gasteiger partial charge in [0.15, 0.2) is 5.96 Å². The molecule has 1 aromatic rings. The summed E-state index contributed by atoms with van der Waals surface area (Å²) < 4.78 is 6.56. The Kier molecular flexibility index (Phi) is 5.22. The van der Waals surface area contributed by atoms with Crippen LogP contribution in [0.25, 0.3) is 0 Å². The number of ether oxygens (including phenoxy) is 1. The quantitative estimate of drug-likeness (QED) is 0.816. The Labute approximate surface area is 157 Å². The Bertz CT molecular complexity index is 654. The zero-order chi connectivity index (χ0) is 18.0. The second-order valence-corrected chi connectivity index (χ2v) is 8.33. The number of fused-ring (bicyclic) bond motifs is 1. The summed E-state index contributed by atoms with van der Waals surface area (Å²) in [5.41, 5.74) is 0.749. The van der Waals surface area contributed by atoms with Crippen molar-refractivity contribution in [2.45, 2.75) is 39.0 Å². The Morgan fingerprint density at radius 2 is 2.04 bits per heavy atom. The first-order valence-electron chi connectivity index (χ1n) is 8.59. The predicted molar refractivity (Wildman–Crippen MR) is 102 cm³/mol. The maximum atomic E-state index is 12.3. The lowest BCUT2D eigenvalue weighted by molar-refractivity contribution is 0.0137. The van der Waals surface area contributed by atoms with Gasteiger partial charge in [-0.2, -0.15) is 0 Å². The summed E-state index contributed by atoms with van der Waals surface area (Å²) in [6.07, 6.45) is -0.233. The summed E-state index contributed by atoms with van der Waals surface area (Å²) in [6, 6.07) is 8.48. The maximum absolute atomic E-state index is 12.3. The molecule has 0 spiro atoms. The van der Waals surface area contributed by atoms with Crippen molar-refractivity contribution < 1.29 is 9.53 Å². The number of hydrogen-bond donors (Lipinski definition) is 1. The standard InChI is InChI=1S/C18H25BrN4O2/c1-18(2,3)25-17(24)22-8-9-23-15(12-22)11-21-16(23)20-10-13-4-6-14(19)7-5-13/h4-7,15H,8-12H2,1-3H3,(H,20,21). The maximum Gasteiger partial charge on any atom is 0.410 e. The molecule has 2 heterocycles. The average molecular weight is 409 g/mol. The van der Waals surface area contributed by atoms with E-state index in [1.807, 2.05) is 32.9 Å². The minimum atomic E-state index is -0.461. The topological polar surface area (TPSA) is 57.2 Å². The zero-order valence-electron chi connectivity index (χ0n) is 15.0. The highest BCUT2D eigenvalue weighted by atomic mass is 79.9. The van der Waals surface area contributed by atoms with Crippen molar-refractivity contribution in [3.8, 4) is 0 Å². The van der Waals surface area contributed by atoms with E-state index in [0.717, 1.165) is 23.5 Å². The molecule has 1 fully saturated rings. The van der Waals surface area contributed by atoms with Crippen molar-refractivity contribution in [3.05, 3.63) is 34.3 Å². The molecule has 1 saturated heterocycles. The van der Waals surface area contributed by atoms with E-state index < -0.39 is 5.60 Å². The molecule has 0 aliphatic carbocycles. The SMILES string of the molecule is CC(C)(C)OC(=O)N1CCN2C(NCc3ccc(Br)cc3)=NCC2C1. The molecule has 2 aliphatic heterocycles. The number of nitrogens with zero attached hydrogens (tertiary/aromatic N) is 3. The number of carbonyl (C=O) groups is 1. The number of benzene rings is 1. The second-order valence-electron chi connectivity index (χ2n) is 7.42. The summed E-state index contributed by atoms with van der Waals surface area (Å²) in [5, 5.41) is 3.42. The van der Waals surface area contributed by atoms with E-state index in [1.165, 1.54) is 5.56 Å². The van der Waals surface area contributed by atoms with Crippen LogP contribution in [0.5, 0.6) is 0 Å². The van der Waals surface area contributed by atoms with Crippen molar-refractivity contribution in [1.82, 2.24) is 15.1 Å². The van der Waals surface area contributed by atoms with Crippen LogP contribution in [-0.2, 0) is 11.3 Å². The van der Waals surface area contributed by atoms with Crippen molar-refractivity contribution >= 4 is 28.0 Å². The number of halogens is 1. The molecule has 1 N–H and O–H groups in total. The van der Waals surface area contributed by atoms with Gasteiger partial charge in [0.1, 0.15) is 5.60 Å². The van der Waals surface area contributed by atoms with Crippen LogP contribution in [-0.4, -0.2) is 59.7 Å². The van der Waals surface area contributed by atoms with Gasteiger partial charge >= 0.3 is 6.09 Å². The Hall–Kier alpha value is -1.76. The molecule has 0 saturated carbocycles. The fourth-order valence-electron chi connectivity index (χ4n) is 3.01. The molecule has 25 heavy (non-hydrogen) atoms. The van der Waals surface area contributed by atoms with E-state index in [2.05, 4.69) is 43.3 Å².